The number of ether oxygens (including phenoxy) is 1. The maximum atomic E-state index is 12.3. The fraction of sp³-hybridized carbons (Fsp3) is 0.357. The Morgan fingerprint density at radius 2 is 2.00 bits per heavy atom. The second-order valence-electron chi connectivity index (χ2n) is 4.71. The van der Waals surface area contributed by atoms with Gasteiger partial charge in [-0.05, 0) is 44.5 Å². The number of sulfonamides is 1. The molecule has 0 unspecified atom stereocenters. The third-order valence-electron chi connectivity index (χ3n) is 3.16. The molecular weight excluding hydrogens is 292 g/mol. The number of aromatic nitrogens is 1. The van der Waals surface area contributed by atoms with Crippen molar-refractivity contribution in [2.75, 3.05) is 7.11 Å². The third kappa shape index (κ3) is 3.43. The van der Waals surface area contributed by atoms with Crippen molar-refractivity contribution in [1.82, 2.24) is 9.71 Å². The first-order chi connectivity index (χ1) is 9.83. The molecule has 0 fully saturated rings. The molecule has 0 aliphatic rings. The molecule has 0 bridgehead atoms. The van der Waals surface area contributed by atoms with Gasteiger partial charge in [0, 0.05) is 0 Å². The molecule has 7 heteroatoms. The second kappa shape index (κ2) is 5.87. The van der Waals surface area contributed by atoms with Crippen LogP contribution in [0.3, 0.4) is 0 Å². The molecule has 1 aromatic heterocycles. The van der Waals surface area contributed by atoms with Gasteiger partial charge in [0.05, 0.1) is 24.2 Å². The van der Waals surface area contributed by atoms with Crippen molar-refractivity contribution in [2.45, 2.75) is 32.2 Å². The first kappa shape index (κ1) is 15.5. The van der Waals surface area contributed by atoms with Crippen molar-refractivity contribution in [2.24, 2.45) is 0 Å². The SMILES string of the molecule is COc1ccc(S(=O)(=O)NCc2nc(C)c(C)o2)c(C)c1. The lowest BCUT2D eigenvalue weighted by Crippen LogP contribution is -2.24. The van der Waals surface area contributed by atoms with E-state index in [9.17, 15) is 8.42 Å². The van der Waals surface area contributed by atoms with Gasteiger partial charge in [0.25, 0.3) is 0 Å². The number of aryl methyl sites for hydroxylation is 3. The van der Waals surface area contributed by atoms with Gasteiger partial charge >= 0.3 is 0 Å². The van der Waals surface area contributed by atoms with E-state index in [-0.39, 0.29) is 11.4 Å². The van der Waals surface area contributed by atoms with Gasteiger partial charge in [-0.1, -0.05) is 0 Å². The lowest BCUT2D eigenvalue weighted by molar-refractivity contribution is 0.414. The summed E-state index contributed by atoms with van der Waals surface area (Å²) in [6.45, 7) is 5.33. The van der Waals surface area contributed by atoms with Crippen molar-refractivity contribution in [3.05, 3.63) is 41.1 Å². The van der Waals surface area contributed by atoms with Gasteiger partial charge in [0.15, 0.2) is 0 Å². The van der Waals surface area contributed by atoms with Gasteiger partial charge in [0.1, 0.15) is 11.5 Å². The van der Waals surface area contributed by atoms with Crippen LogP contribution in [-0.2, 0) is 16.6 Å². The first-order valence-electron chi connectivity index (χ1n) is 6.40. The summed E-state index contributed by atoms with van der Waals surface area (Å²) in [5.74, 6) is 1.65. The standard InChI is InChI=1S/C14H18N2O4S/c1-9-7-12(19-4)5-6-13(9)21(17,18)15-8-14-16-10(2)11(3)20-14/h5-7,15H,8H2,1-4H3. The molecule has 1 heterocycles. The minimum atomic E-state index is -3.62. The van der Waals surface area contributed by atoms with Gasteiger partial charge < -0.3 is 9.15 Å². The Hall–Kier alpha value is -1.86. The summed E-state index contributed by atoms with van der Waals surface area (Å²) in [5.41, 5.74) is 1.37. The molecule has 114 valence electrons. The van der Waals surface area contributed by atoms with Crippen LogP contribution >= 0.6 is 0 Å². The molecule has 0 atom stereocenters. The Balaban J connectivity index is 2.18. The summed E-state index contributed by atoms with van der Waals surface area (Å²) in [5, 5.41) is 0. The Labute approximate surface area is 124 Å². The van der Waals surface area contributed by atoms with Gasteiger partial charge in [-0.2, -0.15) is 0 Å². The number of oxazole rings is 1. The van der Waals surface area contributed by atoms with Gasteiger partial charge in [-0.25, -0.2) is 18.1 Å². The van der Waals surface area contributed by atoms with E-state index >= 15 is 0 Å². The minimum absolute atomic E-state index is 0.0164. The quantitative estimate of drug-likeness (QED) is 0.914. The second-order valence-corrected chi connectivity index (χ2v) is 6.44. The van der Waals surface area contributed by atoms with Crippen LogP contribution in [0.4, 0.5) is 0 Å². The first-order valence-corrected chi connectivity index (χ1v) is 7.89. The highest BCUT2D eigenvalue weighted by atomic mass is 32.2. The van der Waals surface area contributed by atoms with E-state index in [1.54, 1.807) is 26.0 Å². The monoisotopic (exact) mass is 310 g/mol. The molecular formula is C14H18N2O4S. The van der Waals surface area contributed by atoms with E-state index in [0.717, 1.165) is 5.69 Å². The average Bonchev–Trinajstić information content (AvgIpc) is 2.75. The third-order valence-corrected chi connectivity index (χ3v) is 4.72. The van der Waals surface area contributed by atoms with E-state index in [4.69, 9.17) is 9.15 Å². The lowest BCUT2D eigenvalue weighted by atomic mass is 10.2. The molecule has 0 amide bonds. The van der Waals surface area contributed by atoms with Crippen LogP contribution in [-0.4, -0.2) is 20.5 Å². The van der Waals surface area contributed by atoms with Gasteiger partial charge in [-0.15, -0.1) is 0 Å². The van der Waals surface area contributed by atoms with Crippen LogP contribution in [0, 0.1) is 20.8 Å². The van der Waals surface area contributed by atoms with E-state index in [1.807, 2.05) is 6.92 Å². The zero-order chi connectivity index (χ0) is 15.6. The Bertz CT molecular complexity index is 731. The fourth-order valence-electron chi connectivity index (χ4n) is 1.90. The predicted octanol–water partition coefficient (Wildman–Crippen LogP) is 2.09. The smallest absolute Gasteiger partial charge is 0.241 e. The molecule has 0 spiro atoms. The zero-order valence-electron chi connectivity index (χ0n) is 12.4. The highest BCUT2D eigenvalue weighted by Crippen LogP contribution is 2.21. The highest BCUT2D eigenvalue weighted by Gasteiger charge is 2.18. The molecule has 2 aromatic rings. The predicted molar refractivity (Wildman–Crippen MR) is 77.7 cm³/mol. The Morgan fingerprint density at radius 3 is 2.52 bits per heavy atom. The number of hydrogen-bond donors (Lipinski definition) is 1. The van der Waals surface area contributed by atoms with Crippen LogP contribution in [0.15, 0.2) is 27.5 Å². The number of hydrogen-bond acceptors (Lipinski definition) is 5. The summed E-state index contributed by atoms with van der Waals surface area (Å²) >= 11 is 0. The number of rotatable bonds is 5. The van der Waals surface area contributed by atoms with Crippen molar-refractivity contribution in [1.29, 1.82) is 0 Å². The topological polar surface area (TPSA) is 81.4 Å². The Kier molecular flexibility index (Phi) is 4.34. The molecule has 0 aliphatic heterocycles. The molecule has 0 saturated heterocycles. The van der Waals surface area contributed by atoms with E-state index in [2.05, 4.69) is 9.71 Å². The Morgan fingerprint density at radius 1 is 1.29 bits per heavy atom. The van der Waals surface area contributed by atoms with Crippen molar-refractivity contribution < 1.29 is 17.6 Å². The van der Waals surface area contributed by atoms with E-state index < -0.39 is 10.0 Å². The number of methoxy groups -OCH3 is 1. The van der Waals surface area contributed by atoms with Crippen LogP contribution in [0.25, 0.3) is 0 Å². The summed E-state index contributed by atoms with van der Waals surface area (Å²) in [4.78, 5) is 4.35. The molecule has 1 N–H and O–H groups in total. The molecule has 0 saturated carbocycles. The van der Waals surface area contributed by atoms with Crippen LogP contribution in [0.5, 0.6) is 5.75 Å². The molecule has 6 nitrogen and oxygen atoms in total. The minimum Gasteiger partial charge on any atom is -0.497 e. The van der Waals surface area contributed by atoms with Gasteiger partial charge in [-0.3, -0.25) is 0 Å². The van der Waals surface area contributed by atoms with Crippen molar-refractivity contribution in [3.63, 3.8) is 0 Å². The number of nitrogens with zero attached hydrogens (tertiary/aromatic N) is 1. The van der Waals surface area contributed by atoms with Crippen molar-refractivity contribution >= 4 is 10.0 Å². The van der Waals surface area contributed by atoms with Crippen LogP contribution in [0.2, 0.25) is 0 Å². The molecule has 21 heavy (non-hydrogen) atoms. The largest absolute Gasteiger partial charge is 0.497 e. The maximum Gasteiger partial charge on any atom is 0.241 e. The van der Waals surface area contributed by atoms with E-state index in [0.29, 0.717) is 23.0 Å². The van der Waals surface area contributed by atoms with Gasteiger partial charge in [0.2, 0.25) is 15.9 Å². The average molecular weight is 310 g/mol. The summed E-state index contributed by atoms with van der Waals surface area (Å²) in [6.07, 6.45) is 0. The normalized spacial score (nSPS) is 11.6. The van der Waals surface area contributed by atoms with Crippen LogP contribution < -0.4 is 9.46 Å². The maximum absolute atomic E-state index is 12.3. The van der Waals surface area contributed by atoms with Crippen LogP contribution in [0.1, 0.15) is 22.9 Å². The summed E-state index contributed by atoms with van der Waals surface area (Å²) in [6, 6.07) is 4.80. The molecule has 1 aromatic carbocycles. The summed E-state index contributed by atoms with van der Waals surface area (Å²) in [7, 11) is -2.09. The zero-order valence-corrected chi connectivity index (χ0v) is 13.2. The highest BCUT2D eigenvalue weighted by molar-refractivity contribution is 7.89. The lowest BCUT2D eigenvalue weighted by Gasteiger charge is -2.09. The summed E-state index contributed by atoms with van der Waals surface area (Å²) < 4.78 is 37.5. The fourth-order valence-corrected chi connectivity index (χ4v) is 3.10. The molecule has 0 radical (unpaired) electrons. The number of benzene rings is 1. The van der Waals surface area contributed by atoms with Crippen molar-refractivity contribution in [3.8, 4) is 5.75 Å². The van der Waals surface area contributed by atoms with E-state index in [1.165, 1.54) is 13.2 Å². The molecule has 0 aliphatic carbocycles. The number of nitrogens with one attached hydrogen (secondary N) is 1. The molecule has 2 rings (SSSR count).